The van der Waals surface area contributed by atoms with E-state index in [1.54, 1.807) is 0 Å². The number of rotatable bonds is 5. The van der Waals surface area contributed by atoms with E-state index in [2.05, 4.69) is 96.9 Å². The number of hydrogen-bond donors (Lipinski definition) is 1. The molecule has 0 aliphatic carbocycles. The van der Waals surface area contributed by atoms with Crippen LogP contribution in [0, 0.1) is 0 Å². The van der Waals surface area contributed by atoms with Crippen LogP contribution in [0.4, 0.5) is 5.69 Å². The van der Waals surface area contributed by atoms with Crippen LogP contribution in [0.3, 0.4) is 0 Å². The topological polar surface area (TPSA) is 12.0 Å². The van der Waals surface area contributed by atoms with Crippen LogP contribution in [0.2, 0.25) is 0 Å². The van der Waals surface area contributed by atoms with Gasteiger partial charge in [0.1, 0.15) is 0 Å². The van der Waals surface area contributed by atoms with Gasteiger partial charge in [0.25, 0.3) is 0 Å². The molecule has 3 aromatic carbocycles. The van der Waals surface area contributed by atoms with Crippen molar-refractivity contribution >= 4 is 24.4 Å². The first kappa shape index (κ1) is 14.8. The fourth-order valence-electron chi connectivity index (χ4n) is 2.38. The molecular formula is C20H20NP. The predicted octanol–water partition coefficient (Wildman–Crippen LogP) is 4.71. The highest BCUT2D eigenvalue weighted by Crippen LogP contribution is 2.34. The van der Waals surface area contributed by atoms with Crippen LogP contribution in [0.25, 0.3) is 0 Å². The lowest BCUT2D eigenvalue weighted by Gasteiger charge is -2.21. The van der Waals surface area contributed by atoms with Gasteiger partial charge in [-0.3, -0.25) is 0 Å². The first-order chi connectivity index (χ1) is 10.9. The van der Waals surface area contributed by atoms with E-state index in [4.69, 9.17) is 0 Å². The van der Waals surface area contributed by atoms with Crippen molar-refractivity contribution in [3.05, 3.63) is 90.5 Å². The fourth-order valence-corrected chi connectivity index (χ4v) is 4.28. The zero-order chi connectivity index (χ0) is 15.2. The van der Waals surface area contributed by atoms with Crippen LogP contribution in [0.5, 0.6) is 0 Å². The molecule has 1 nitrogen and oxygen atoms in total. The first-order valence-corrected chi connectivity index (χ1v) is 8.97. The molecule has 0 aliphatic heterocycles. The van der Waals surface area contributed by atoms with E-state index in [0.29, 0.717) is 0 Å². The third kappa shape index (κ3) is 3.55. The van der Waals surface area contributed by atoms with Crippen molar-refractivity contribution in [3.63, 3.8) is 0 Å². The molecule has 0 fully saturated rings. The van der Waals surface area contributed by atoms with Gasteiger partial charge in [0.2, 0.25) is 0 Å². The van der Waals surface area contributed by atoms with Gasteiger partial charge in [-0.1, -0.05) is 79.7 Å². The molecule has 1 N–H and O–H groups in total. The maximum atomic E-state index is 3.73. The van der Waals surface area contributed by atoms with Gasteiger partial charge >= 0.3 is 0 Å². The highest BCUT2D eigenvalue weighted by Gasteiger charge is 2.13. The summed E-state index contributed by atoms with van der Waals surface area (Å²) in [5.41, 5.74) is 2.55. The van der Waals surface area contributed by atoms with Crippen molar-refractivity contribution in [2.24, 2.45) is 0 Å². The molecule has 2 heteroatoms. The first-order valence-electron chi connectivity index (χ1n) is 7.62. The van der Waals surface area contributed by atoms with Gasteiger partial charge in [0, 0.05) is 16.3 Å². The molecule has 0 radical (unpaired) electrons. The van der Waals surface area contributed by atoms with Crippen molar-refractivity contribution in [1.29, 1.82) is 0 Å². The summed E-state index contributed by atoms with van der Waals surface area (Å²) in [6.45, 7) is 2.18. The minimum atomic E-state index is -0.591. The minimum Gasteiger partial charge on any atom is -0.357 e. The second kappa shape index (κ2) is 7.24. The van der Waals surface area contributed by atoms with Crippen LogP contribution in [-0.2, 0) is 6.42 Å². The quantitative estimate of drug-likeness (QED) is 0.673. The van der Waals surface area contributed by atoms with Crippen molar-refractivity contribution in [1.82, 2.24) is 0 Å². The molecule has 110 valence electrons. The standard InChI is InChI=1S/C20H20NP/c1-2-17-13-15-18(16-14-17)21-22(19-9-5-3-6-10-19)20-11-7-4-8-12-20/h3-16,21H,2H2,1H3. The second-order valence-corrected chi connectivity index (χ2v) is 7.10. The van der Waals surface area contributed by atoms with E-state index in [1.165, 1.54) is 21.9 Å². The zero-order valence-corrected chi connectivity index (χ0v) is 13.6. The highest BCUT2D eigenvalue weighted by atomic mass is 31.1. The van der Waals surface area contributed by atoms with Crippen molar-refractivity contribution in [3.8, 4) is 0 Å². The Morgan fingerprint density at radius 3 is 1.64 bits per heavy atom. The molecule has 0 amide bonds. The van der Waals surface area contributed by atoms with Crippen LogP contribution < -0.4 is 15.7 Å². The van der Waals surface area contributed by atoms with Gasteiger partial charge < -0.3 is 5.09 Å². The van der Waals surface area contributed by atoms with E-state index >= 15 is 0 Å². The summed E-state index contributed by atoms with van der Waals surface area (Å²) < 4.78 is 0. The molecule has 0 unspecified atom stereocenters. The Balaban J connectivity index is 1.91. The minimum absolute atomic E-state index is 0.591. The zero-order valence-electron chi connectivity index (χ0n) is 12.7. The maximum Gasteiger partial charge on any atom is 0.0522 e. The Morgan fingerprint density at radius 2 is 1.18 bits per heavy atom. The summed E-state index contributed by atoms with van der Waals surface area (Å²) in [5.74, 6) is 0. The average Bonchev–Trinajstić information content (AvgIpc) is 2.62. The predicted molar refractivity (Wildman–Crippen MR) is 98.5 cm³/mol. The number of hydrogen-bond acceptors (Lipinski definition) is 1. The van der Waals surface area contributed by atoms with Crippen LogP contribution in [-0.4, -0.2) is 0 Å². The Labute approximate surface area is 133 Å². The normalized spacial score (nSPS) is 10.6. The highest BCUT2D eigenvalue weighted by molar-refractivity contribution is 7.74. The molecule has 0 atom stereocenters. The lowest BCUT2D eigenvalue weighted by molar-refractivity contribution is 1.14. The second-order valence-electron chi connectivity index (χ2n) is 5.17. The Hall–Kier alpha value is -2.11. The van der Waals surface area contributed by atoms with E-state index in [1.807, 2.05) is 0 Å². The monoisotopic (exact) mass is 305 g/mol. The van der Waals surface area contributed by atoms with Gasteiger partial charge in [-0.25, -0.2) is 0 Å². The molecule has 0 aliphatic rings. The molecule has 0 aromatic heterocycles. The summed E-state index contributed by atoms with van der Waals surface area (Å²) in [5, 5.41) is 6.40. The van der Waals surface area contributed by atoms with Gasteiger partial charge in [-0.15, -0.1) is 0 Å². The molecule has 0 heterocycles. The number of benzene rings is 3. The van der Waals surface area contributed by atoms with Gasteiger partial charge in [-0.05, 0) is 24.1 Å². The average molecular weight is 305 g/mol. The third-order valence-electron chi connectivity index (χ3n) is 3.63. The Bertz CT molecular complexity index is 653. The van der Waals surface area contributed by atoms with E-state index in [0.717, 1.165) is 6.42 Å². The molecule has 3 aromatic rings. The molecule has 0 spiro atoms. The molecule has 22 heavy (non-hydrogen) atoms. The maximum absolute atomic E-state index is 3.73. The Morgan fingerprint density at radius 1 is 0.682 bits per heavy atom. The number of nitrogens with one attached hydrogen (secondary N) is 1. The number of anilines is 1. The van der Waals surface area contributed by atoms with E-state index in [-0.39, 0.29) is 0 Å². The summed E-state index contributed by atoms with van der Waals surface area (Å²) in [7, 11) is -0.591. The lowest BCUT2D eigenvalue weighted by atomic mass is 10.2. The molecule has 0 bridgehead atoms. The molecule has 3 rings (SSSR count). The third-order valence-corrected chi connectivity index (χ3v) is 5.74. The Kier molecular flexibility index (Phi) is 4.88. The van der Waals surface area contributed by atoms with Gasteiger partial charge in [0.15, 0.2) is 0 Å². The molecule has 0 saturated carbocycles. The smallest absolute Gasteiger partial charge is 0.0522 e. The van der Waals surface area contributed by atoms with Gasteiger partial charge in [-0.2, -0.15) is 0 Å². The van der Waals surface area contributed by atoms with Crippen LogP contribution in [0.1, 0.15) is 12.5 Å². The lowest BCUT2D eigenvalue weighted by Crippen LogP contribution is -2.16. The SMILES string of the molecule is CCc1ccc(NP(c2ccccc2)c2ccccc2)cc1. The number of aryl methyl sites for hydroxylation is 1. The fraction of sp³-hybridized carbons (Fsp3) is 0.100. The van der Waals surface area contributed by atoms with Crippen molar-refractivity contribution in [2.75, 3.05) is 5.09 Å². The van der Waals surface area contributed by atoms with Crippen molar-refractivity contribution < 1.29 is 0 Å². The summed E-state index contributed by atoms with van der Waals surface area (Å²) in [6.07, 6.45) is 1.08. The summed E-state index contributed by atoms with van der Waals surface area (Å²) >= 11 is 0. The van der Waals surface area contributed by atoms with Crippen LogP contribution in [0.15, 0.2) is 84.9 Å². The van der Waals surface area contributed by atoms with Crippen molar-refractivity contribution in [2.45, 2.75) is 13.3 Å². The summed E-state index contributed by atoms with van der Waals surface area (Å²) in [4.78, 5) is 0. The molecule has 0 saturated heterocycles. The summed E-state index contributed by atoms with van der Waals surface area (Å²) in [6, 6.07) is 30.1. The molecular weight excluding hydrogens is 285 g/mol. The van der Waals surface area contributed by atoms with Crippen LogP contribution >= 0.6 is 8.07 Å². The van der Waals surface area contributed by atoms with E-state index < -0.39 is 8.07 Å². The van der Waals surface area contributed by atoms with E-state index in [9.17, 15) is 0 Å². The van der Waals surface area contributed by atoms with Gasteiger partial charge in [0.05, 0.1) is 8.07 Å². The largest absolute Gasteiger partial charge is 0.357 e.